The van der Waals surface area contributed by atoms with E-state index in [-0.39, 0.29) is 0 Å². The number of aryl methyl sites for hydroxylation is 1. The third kappa shape index (κ3) is 2.56. The summed E-state index contributed by atoms with van der Waals surface area (Å²) in [6.45, 7) is 0.552. The number of rotatable bonds is 3. The Morgan fingerprint density at radius 3 is 2.90 bits per heavy atom. The highest BCUT2D eigenvalue weighted by Crippen LogP contribution is 2.24. The molecule has 2 aromatic carbocycles. The number of anilines is 1. The van der Waals surface area contributed by atoms with Crippen LogP contribution >= 0.6 is 11.6 Å². The third-order valence-electron chi connectivity index (χ3n) is 3.38. The first-order valence-corrected chi connectivity index (χ1v) is 6.91. The molecule has 1 aromatic heterocycles. The maximum atomic E-state index is 8.95. The largest absolute Gasteiger partial charge is 0.378 e. The minimum atomic E-state index is 0.552. The zero-order valence-corrected chi connectivity index (χ0v) is 12.2. The highest BCUT2D eigenvalue weighted by atomic mass is 35.5. The molecule has 1 heterocycles. The summed E-state index contributed by atoms with van der Waals surface area (Å²) in [7, 11) is 1.93. The first-order chi connectivity index (χ1) is 10.2. The lowest BCUT2D eigenvalue weighted by molar-refractivity contribution is 0.771. The van der Waals surface area contributed by atoms with Gasteiger partial charge in [0.2, 0.25) is 0 Å². The molecule has 0 saturated carbocycles. The molecule has 1 N–H and O–H groups in total. The number of para-hydroxylation sites is 1. The number of hydrogen-bond acceptors (Lipinski definition) is 3. The summed E-state index contributed by atoms with van der Waals surface area (Å²) in [4.78, 5) is 0. The van der Waals surface area contributed by atoms with Crippen molar-refractivity contribution in [1.82, 2.24) is 9.78 Å². The average molecular weight is 297 g/mol. The fourth-order valence-electron chi connectivity index (χ4n) is 2.33. The molecule has 3 aromatic rings. The Morgan fingerprint density at radius 1 is 1.29 bits per heavy atom. The van der Waals surface area contributed by atoms with Crippen LogP contribution in [-0.4, -0.2) is 9.78 Å². The second-order valence-corrected chi connectivity index (χ2v) is 5.15. The first kappa shape index (κ1) is 13.5. The van der Waals surface area contributed by atoms with E-state index >= 15 is 0 Å². The maximum Gasteiger partial charge on any atom is 0.0992 e. The Bertz CT molecular complexity index is 845. The molecular formula is C16H13ClN4. The number of halogens is 1. The van der Waals surface area contributed by atoms with Gasteiger partial charge in [-0.3, -0.25) is 4.68 Å². The number of fused-ring (bicyclic) bond motifs is 1. The molecule has 104 valence electrons. The highest BCUT2D eigenvalue weighted by Gasteiger charge is 2.08. The molecule has 5 heteroatoms. The predicted octanol–water partition coefficient (Wildman–Crippen LogP) is 3.71. The average Bonchev–Trinajstić information content (AvgIpc) is 2.83. The fraction of sp³-hybridized carbons (Fsp3) is 0.125. The quantitative estimate of drug-likeness (QED) is 0.801. The van der Waals surface area contributed by atoms with Gasteiger partial charge >= 0.3 is 0 Å². The van der Waals surface area contributed by atoms with Gasteiger partial charge in [-0.15, -0.1) is 0 Å². The van der Waals surface area contributed by atoms with Crippen molar-refractivity contribution in [2.24, 2.45) is 7.05 Å². The van der Waals surface area contributed by atoms with Crippen molar-refractivity contribution >= 4 is 28.2 Å². The molecule has 0 fully saturated rings. The van der Waals surface area contributed by atoms with Gasteiger partial charge in [0.15, 0.2) is 0 Å². The van der Waals surface area contributed by atoms with Crippen LogP contribution in [0.4, 0.5) is 5.69 Å². The van der Waals surface area contributed by atoms with E-state index in [0.29, 0.717) is 17.1 Å². The molecule has 0 amide bonds. The summed E-state index contributed by atoms with van der Waals surface area (Å²) >= 11 is 6.15. The minimum Gasteiger partial charge on any atom is -0.378 e. The molecule has 0 bridgehead atoms. The molecule has 21 heavy (non-hydrogen) atoms. The second kappa shape index (κ2) is 5.47. The van der Waals surface area contributed by atoms with Gasteiger partial charge in [0.1, 0.15) is 0 Å². The van der Waals surface area contributed by atoms with E-state index in [1.54, 1.807) is 18.2 Å². The van der Waals surface area contributed by atoms with Crippen molar-refractivity contribution in [1.29, 1.82) is 5.26 Å². The first-order valence-electron chi connectivity index (χ1n) is 6.53. The fourth-order valence-corrected chi connectivity index (χ4v) is 2.51. The molecule has 0 atom stereocenters. The topological polar surface area (TPSA) is 53.6 Å². The summed E-state index contributed by atoms with van der Waals surface area (Å²) in [6, 6.07) is 15.3. The summed E-state index contributed by atoms with van der Waals surface area (Å²) in [6.07, 6.45) is 0. The Labute approximate surface area is 127 Å². The van der Waals surface area contributed by atoms with Crippen LogP contribution in [0.2, 0.25) is 5.02 Å². The molecular weight excluding hydrogens is 284 g/mol. The molecule has 0 saturated heterocycles. The monoisotopic (exact) mass is 296 g/mol. The molecule has 0 aliphatic heterocycles. The van der Waals surface area contributed by atoms with E-state index in [2.05, 4.69) is 16.5 Å². The smallest absolute Gasteiger partial charge is 0.0992 e. The van der Waals surface area contributed by atoms with Crippen LogP contribution in [0.1, 0.15) is 11.3 Å². The van der Waals surface area contributed by atoms with Crippen molar-refractivity contribution in [3.05, 3.63) is 58.7 Å². The SMILES string of the molecule is Cn1nc(CNc2cc(C#N)ccc2Cl)c2ccccc21. The lowest BCUT2D eigenvalue weighted by Gasteiger charge is -2.07. The number of nitriles is 1. The molecule has 0 unspecified atom stereocenters. The summed E-state index contributed by atoms with van der Waals surface area (Å²) in [5, 5.41) is 18.4. The van der Waals surface area contributed by atoms with Gasteiger partial charge < -0.3 is 5.32 Å². The molecule has 0 spiro atoms. The van der Waals surface area contributed by atoms with Crippen molar-refractivity contribution in [2.75, 3.05) is 5.32 Å². The van der Waals surface area contributed by atoms with Crippen LogP contribution in [0.5, 0.6) is 0 Å². The van der Waals surface area contributed by atoms with E-state index in [9.17, 15) is 0 Å². The summed E-state index contributed by atoms with van der Waals surface area (Å²) in [5.74, 6) is 0. The Kier molecular flexibility index (Phi) is 3.51. The van der Waals surface area contributed by atoms with Crippen molar-refractivity contribution < 1.29 is 0 Å². The van der Waals surface area contributed by atoms with Gasteiger partial charge in [0, 0.05) is 12.4 Å². The van der Waals surface area contributed by atoms with Gasteiger partial charge in [-0.2, -0.15) is 10.4 Å². The van der Waals surface area contributed by atoms with E-state index in [1.165, 1.54) is 0 Å². The minimum absolute atomic E-state index is 0.552. The van der Waals surface area contributed by atoms with E-state index in [0.717, 1.165) is 22.3 Å². The van der Waals surface area contributed by atoms with Gasteiger partial charge in [0.25, 0.3) is 0 Å². The van der Waals surface area contributed by atoms with Crippen LogP contribution in [0.3, 0.4) is 0 Å². The van der Waals surface area contributed by atoms with Crippen LogP contribution in [-0.2, 0) is 13.6 Å². The number of nitrogens with zero attached hydrogens (tertiary/aromatic N) is 3. The van der Waals surface area contributed by atoms with E-state index < -0.39 is 0 Å². The van der Waals surface area contributed by atoms with Gasteiger partial charge in [-0.25, -0.2) is 0 Å². The Hall–Kier alpha value is -2.51. The van der Waals surface area contributed by atoms with Crippen molar-refractivity contribution in [3.63, 3.8) is 0 Å². The molecule has 4 nitrogen and oxygen atoms in total. The summed E-state index contributed by atoms with van der Waals surface area (Å²) < 4.78 is 1.86. The number of nitrogens with one attached hydrogen (secondary N) is 1. The lowest BCUT2D eigenvalue weighted by Crippen LogP contribution is -2.02. The normalized spacial score (nSPS) is 10.5. The second-order valence-electron chi connectivity index (χ2n) is 4.75. The zero-order valence-electron chi connectivity index (χ0n) is 11.5. The van der Waals surface area contributed by atoms with Gasteiger partial charge in [-0.1, -0.05) is 29.8 Å². The Balaban J connectivity index is 1.89. The lowest BCUT2D eigenvalue weighted by atomic mass is 10.2. The third-order valence-corrected chi connectivity index (χ3v) is 3.71. The number of aromatic nitrogens is 2. The van der Waals surface area contributed by atoms with Crippen molar-refractivity contribution in [3.8, 4) is 6.07 Å². The van der Waals surface area contributed by atoms with Gasteiger partial charge in [0.05, 0.1) is 40.1 Å². The maximum absolute atomic E-state index is 8.95. The van der Waals surface area contributed by atoms with Gasteiger partial charge in [-0.05, 0) is 24.3 Å². The zero-order chi connectivity index (χ0) is 14.8. The van der Waals surface area contributed by atoms with Crippen LogP contribution in [0, 0.1) is 11.3 Å². The highest BCUT2D eigenvalue weighted by molar-refractivity contribution is 6.33. The number of benzene rings is 2. The Morgan fingerprint density at radius 2 is 2.10 bits per heavy atom. The summed E-state index contributed by atoms with van der Waals surface area (Å²) in [5.41, 5.74) is 3.36. The van der Waals surface area contributed by atoms with Crippen LogP contribution in [0.25, 0.3) is 10.9 Å². The van der Waals surface area contributed by atoms with E-state index in [4.69, 9.17) is 16.9 Å². The van der Waals surface area contributed by atoms with Crippen molar-refractivity contribution in [2.45, 2.75) is 6.54 Å². The molecule has 0 aliphatic carbocycles. The molecule has 0 aliphatic rings. The van der Waals surface area contributed by atoms with Crippen LogP contribution in [0.15, 0.2) is 42.5 Å². The van der Waals surface area contributed by atoms with Crippen LogP contribution < -0.4 is 5.32 Å². The van der Waals surface area contributed by atoms with E-state index in [1.807, 2.05) is 36.0 Å². The predicted molar refractivity (Wildman–Crippen MR) is 84.2 cm³/mol. The standard InChI is InChI=1S/C16H13ClN4/c1-21-16-5-3-2-4-12(16)15(20-21)10-19-14-8-11(9-18)6-7-13(14)17/h2-8,19H,10H2,1H3. The number of hydrogen-bond donors (Lipinski definition) is 1. The molecule has 0 radical (unpaired) electrons. The molecule has 3 rings (SSSR count).